The summed E-state index contributed by atoms with van der Waals surface area (Å²) in [6, 6.07) is 5.67. The van der Waals surface area contributed by atoms with Gasteiger partial charge in [0.15, 0.2) is 0 Å². The van der Waals surface area contributed by atoms with Gasteiger partial charge in [0.2, 0.25) is 0 Å². The van der Waals surface area contributed by atoms with E-state index in [2.05, 4.69) is 4.98 Å². The van der Waals surface area contributed by atoms with E-state index >= 15 is 0 Å². The van der Waals surface area contributed by atoms with Crippen LogP contribution in [0.2, 0.25) is 0 Å². The van der Waals surface area contributed by atoms with Crippen LogP contribution < -0.4 is 0 Å². The number of hydrogen-bond acceptors (Lipinski definition) is 3. The summed E-state index contributed by atoms with van der Waals surface area (Å²) in [6.07, 6.45) is 4.93. The molecule has 1 rings (SSSR count). The lowest BCUT2D eigenvalue weighted by Crippen LogP contribution is -2.02. The van der Waals surface area contributed by atoms with E-state index < -0.39 is 6.10 Å². The molecule has 3 nitrogen and oxygen atoms in total. The van der Waals surface area contributed by atoms with Crippen LogP contribution in [0.25, 0.3) is 0 Å². The molecule has 0 aliphatic rings. The van der Waals surface area contributed by atoms with Crippen molar-refractivity contribution >= 4 is 0 Å². The second-order valence-corrected chi connectivity index (χ2v) is 2.90. The summed E-state index contributed by atoms with van der Waals surface area (Å²) in [5.74, 6) is 0. The van der Waals surface area contributed by atoms with Crippen molar-refractivity contribution in [2.45, 2.75) is 25.4 Å². The number of aromatic nitrogens is 1. The number of rotatable bonds is 4. The number of nitriles is 1. The lowest BCUT2D eigenvalue weighted by Gasteiger charge is -2.01. The minimum Gasteiger partial charge on any atom is -0.378 e. The third-order valence-electron chi connectivity index (χ3n) is 1.81. The van der Waals surface area contributed by atoms with Gasteiger partial charge in [0.05, 0.1) is 6.07 Å². The molecule has 0 saturated carbocycles. The van der Waals surface area contributed by atoms with Gasteiger partial charge in [-0.3, -0.25) is 4.98 Å². The van der Waals surface area contributed by atoms with Crippen LogP contribution in [0.3, 0.4) is 0 Å². The van der Waals surface area contributed by atoms with Crippen molar-refractivity contribution in [1.29, 1.82) is 5.26 Å². The molecule has 1 N–H and O–H groups in total. The number of aliphatic hydroxyl groups is 1. The van der Waals surface area contributed by atoms with Gasteiger partial charge in [-0.1, -0.05) is 6.07 Å². The standard InChI is InChI=1S/C10H12N2O/c11-7-10(13)5-1-3-9-4-2-6-12-8-9/h2,4,6,8,10,13H,1,3,5H2. The third-order valence-corrected chi connectivity index (χ3v) is 1.81. The van der Waals surface area contributed by atoms with E-state index in [9.17, 15) is 0 Å². The molecule has 1 aromatic heterocycles. The van der Waals surface area contributed by atoms with Crippen LogP contribution in [-0.4, -0.2) is 16.2 Å². The molecule has 1 aromatic rings. The average Bonchev–Trinajstić information content (AvgIpc) is 2.19. The Balaban J connectivity index is 2.25. The molecule has 68 valence electrons. The smallest absolute Gasteiger partial charge is 0.140 e. The summed E-state index contributed by atoms with van der Waals surface area (Å²) >= 11 is 0. The zero-order valence-corrected chi connectivity index (χ0v) is 7.35. The molecule has 0 aliphatic heterocycles. The largest absolute Gasteiger partial charge is 0.378 e. The Labute approximate surface area is 77.7 Å². The fourth-order valence-electron chi connectivity index (χ4n) is 1.11. The van der Waals surface area contributed by atoms with Crippen LogP contribution in [0.5, 0.6) is 0 Å². The minimum atomic E-state index is -0.823. The van der Waals surface area contributed by atoms with Gasteiger partial charge in [0.1, 0.15) is 6.10 Å². The van der Waals surface area contributed by atoms with Crippen molar-refractivity contribution in [3.63, 3.8) is 0 Å². The molecule has 1 unspecified atom stereocenters. The predicted molar refractivity (Wildman–Crippen MR) is 48.8 cm³/mol. The van der Waals surface area contributed by atoms with Gasteiger partial charge in [-0.15, -0.1) is 0 Å². The molecule has 0 saturated heterocycles. The van der Waals surface area contributed by atoms with Crippen molar-refractivity contribution in [3.8, 4) is 6.07 Å². The Morgan fingerprint density at radius 2 is 2.46 bits per heavy atom. The van der Waals surface area contributed by atoms with Crippen molar-refractivity contribution in [2.75, 3.05) is 0 Å². The van der Waals surface area contributed by atoms with Crippen molar-refractivity contribution < 1.29 is 5.11 Å². The van der Waals surface area contributed by atoms with Crippen molar-refractivity contribution in [2.24, 2.45) is 0 Å². The summed E-state index contributed by atoms with van der Waals surface area (Å²) in [4.78, 5) is 3.98. The molecule has 0 radical (unpaired) electrons. The number of aryl methyl sites for hydroxylation is 1. The SMILES string of the molecule is N#CC(O)CCCc1cccnc1. The highest BCUT2D eigenvalue weighted by Crippen LogP contribution is 2.04. The Hall–Kier alpha value is -1.40. The van der Waals surface area contributed by atoms with E-state index in [1.54, 1.807) is 18.5 Å². The normalized spacial score (nSPS) is 12.0. The fraction of sp³-hybridized carbons (Fsp3) is 0.400. The fourth-order valence-corrected chi connectivity index (χ4v) is 1.11. The Morgan fingerprint density at radius 3 is 3.08 bits per heavy atom. The Bertz CT molecular complexity index is 279. The maximum absolute atomic E-state index is 8.96. The summed E-state index contributed by atoms with van der Waals surface area (Å²) in [7, 11) is 0. The second kappa shape index (κ2) is 5.28. The zero-order chi connectivity index (χ0) is 9.52. The third kappa shape index (κ3) is 3.68. The zero-order valence-electron chi connectivity index (χ0n) is 7.35. The molecule has 0 fully saturated rings. The van der Waals surface area contributed by atoms with Crippen LogP contribution in [-0.2, 0) is 6.42 Å². The van der Waals surface area contributed by atoms with Crippen molar-refractivity contribution in [3.05, 3.63) is 30.1 Å². The molecule has 1 atom stereocenters. The van der Waals surface area contributed by atoms with Crippen LogP contribution in [0.15, 0.2) is 24.5 Å². The van der Waals surface area contributed by atoms with Gasteiger partial charge < -0.3 is 5.11 Å². The van der Waals surface area contributed by atoms with Crippen LogP contribution >= 0.6 is 0 Å². The van der Waals surface area contributed by atoms with E-state index in [-0.39, 0.29) is 0 Å². The van der Waals surface area contributed by atoms with Gasteiger partial charge in [0, 0.05) is 12.4 Å². The molecule has 3 heteroatoms. The highest BCUT2D eigenvalue weighted by atomic mass is 16.3. The molecule has 1 heterocycles. The maximum atomic E-state index is 8.96. The lowest BCUT2D eigenvalue weighted by atomic mass is 10.1. The van der Waals surface area contributed by atoms with E-state index in [0.717, 1.165) is 18.4 Å². The maximum Gasteiger partial charge on any atom is 0.140 e. The second-order valence-electron chi connectivity index (χ2n) is 2.90. The number of pyridine rings is 1. The first kappa shape index (κ1) is 9.69. The first-order valence-corrected chi connectivity index (χ1v) is 4.29. The summed E-state index contributed by atoms with van der Waals surface area (Å²) < 4.78 is 0. The first-order chi connectivity index (χ1) is 6.33. The number of aliphatic hydroxyl groups excluding tert-OH is 1. The molecule has 13 heavy (non-hydrogen) atoms. The number of hydrogen-bond donors (Lipinski definition) is 1. The molecular weight excluding hydrogens is 164 g/mol. The molecule has 0 amide bonds. The summed E-state index contributed by atoms with van der Waals surface area (Å²) in [5.41, 5.74) is 1.15. The molecule has 0 aliphatic carbocycles. The van der Waals surface area contributed by atoms with Gasteiger partial charge in [0.25, 0.3) is 0 Å². The van der Waals surface area contributed by atoms with Gasteiger partial charge in [-0.05, 0) is 30.9 Å². The van der Waals surface area contributed by atoms with Crippen molar-refractivity contribution in [1.82, 2.24) is 4.98 Å². The topological polar surface area (TPSA) is 56.9 Å². The average molecular weight is 176 g/mol. The highest BCUT2D eigenvalue weighted by molar-refractivity contribution is 5.08. The first-order valence-electron chi connectivity index (χ1n) is 4.29. The predicted octanol–water partition coefficient (Wildman–Crippen LogP) is 1.29. The minimum absolute atomic E-state index is 0.533. The van der Waals surface area contributed by atoms with E-state index in [4.69, 9.17) is 10.4 Å². The van der Waals surface area contributed by atoms with Crippen LogP contribution in [0, 0.1) is 11.3 Å². The van der Waals surface area contributed by atoms with Gasteiger partial charge >= 0.3 is 0 Å². The molecular formula is C10H12N2O. The van der Waals surface area contributed by atoms with Gasteiger partial charge in [-0.2, -0.15) is 5.26 Å². The quantitative estimate of drug-likeness (QED) is 0.703. The van der Waals surface area contributed by atoms with Crippen LogP contribution in [0.1, 0.15) is 18.4 Å². The van der Waals surface area contributed by atoms with Crippen LogP contribution in [0.4, 0.5) is 0 Å². The Morgan fingerprint density at radius 1 is 1.62 bits per heavy atom. The monoisotopic (exact) mass is 176 g/mol. The summed E-state index contributed by atoms with van der Waals surface area (Å²) in [6.45, 7) is 0. The van der Waals surface area contributed by atoms with Gasteiger partial charge in [-0.25, -0.2) is 0 Å². The Kier molecular flexibility index (Phi) is 3.94. The lowest BCUT2D eigenvalue weighted by molar-refractivity contribution is 0.216. The molecule has 0 spiro atoms. The van der Waals surface area contributed by atoms with E-state index in [1.807, 2.05) is 12.1 Å². The number of nitrogens with zero attached hydrogens (tertiary/aromatic N) is 2. The van der Waals surface area contributed by atoms with E-state index in [1.165, 1.54) is 0 Å². The van der Waals surface area contributed by atoms with E-state index in [0.29, 0.717) is 6.42 Å². The molecule has 0 aromatic carbocycles. The molecule has 0 bridgehead atoms. The summed E-state index contributed by atoms with van der Waals surface area (Å²) in [5, 5.41) is 17.3. The highest BCUT2D eigenvalue weighted by Gasteiger charge is 2.00.